The second-order valence-corrected chi connectivity index (χ2v) is 5.60. The molecule has 1 nitrogen and oxygen atoms in total. The smallest absolute Gasteiger partial charge is 0.218 e. The van der Waals surface area contributed by atoms with Crippen molar-refractivity contribution in [2.24, 2.45) is 0 Å². The van der Waals surface area contributed by atoms with Crippen LogP contribution >= 0.6 is 27.5 Å². The Morgan fingerprint density at radius 2 is 1.47 bits per heavy atom. The lowest BCUT2D eigenvalue weighted by Crippen LogP contribution is -2.28. The fraction of sp³-hybridized carbons (Fsp3) is 0.917. The first kappa shape index (κ1) is 15.4. The van der Waals surface area contributed by atoms with Crippen LogP contribution in [0.4, 0.5) is 0 Å². The molecule has 0 rings (SSSR count). The Labute approximate surface area is 107 Å². The summed E-state index contributed by atoms with van der Waals surface area (Å²) in [5.41, 5.74) is 0. The Kier molecular flexibility index (Phi) is 8.83. The lowest BCUT2D eigenvalue weighted by molar-refractivity contribution is -0.113. The van der Waals surface area contributed by atoms with E-state index in [-0.39, 0.29) is 4.69 Å². The van der Waals surface area contributed by atoms with Gasteiger partial charge >= 0.3 is 0 Å². The summed E-state index contributed by atoms with van der Waals surface area (Å²) in [6, 6.07) is 0. The third-order valence-electron chi connectivity index (χ3n) is 2.71. The van der Waals surface area contributed by atoms with Crippen molar-refractivity contribution in [2.75, 3.05) is 0 Å². The molecule has 0 radical (unpaired) electrons. The number of carbonyl (C=O) groups excluding carboxylic acids is 1. The van der Waals surface area contributed by atoms with Gasteiger partial charge in [0.05, 0.1) is 0 Å². The van der Waals surface area contributed by atoms with E-state index in [4.69, 9.17) is 11.6 Å². The van der Waals surface area contributed by atoms with E-state index in [1.807, 2.05) is 0 Å². The molecule has 0 saturated heterocycles. The SMILES string of the molecule is CCCCCC(Cl)(CCCCC)C(=O)Br. The zero-order chi connectivity index (χ0) is 11.7. The Balaban J connectivity index is 4.01. The van der Waals surface area contributed by atoms with Crippen molar-refractivity contribution < 1.29 is 4.79 Å². The number of unbranched alkanes of at least 4 members (excludes halogenated alkanes) is 4. The Morgan fingerprint density at radius 1 is 1.07 bits per heavy atom. The molecule has 0 bridgehead atoms. The van der Waals surface area contributed by atoms with Crippen molar-refractivity contribution in [3.8, 4) is 0 Å². The average molecular weight is 298 g/mol. The van der Waals surface area contributed by atoms with E-state index in [0.29, 0.717) is 0 Å². The molecule has 0 aromatic rings. The maximum atomic E-state index is 11.4. The summed E-state index contributed by atoms with van der Waals surface area (Å²) in [5.74, 6) is 0. The molecule has 0 aromatic carbocycles. The minimum Gasteiger partial charge on any atom is -0.285 e. The number of hydrogen-bond donors (Lipinski definition) is 0. The minimum atomic E-state index is -0.648. The summed E-state index contributed by atoms with van der Waals surface area (Å²) in [7, 11) is 0. The summed E-state index contributed by atoms with van der Waals surface area (Å²) < 4.78 is -0.0381. The maximum Gasteiger partial charge on any atom is 0.218 e. The average Bonchev–Trinajstić information content (AvgIpc) is 2.18. The van der Waals surface area contributed by atoms with Gasteiger partial charge in [-0.3, -0.25) is 4.79 Å². The van der Waals surface area contributed by atoms with E-state index in [1.165, 1.54) is 12.8 Å². The van der Waals surface area contributed by atoms with Gasteiger partial charge in [-0.1, -0.05) is 52.4 Å². The van der Waals surface area contributed by atoms with Crippen molar-refractivity contribution in [1.29, 1.82) is 0 Å². The quantitative estimate of drug-likeness (QED) is 0.331. The second-order valence-electron chi connectivity index (χ2n) is 4.15. The van der Waals surface area contributed by atoms with Crippen LogP contribution in [0.25, 0.3) is 0 Å². The van der Waals surface area contributed by atoms with Crippen LogP contribution in [0.2, 0.25) is 0 Å². The van der Waals surface area contributed by atoms with Crippen LogP contribution in [-0.4, -0.2) is 9.57 Å². The van der Waals surface area contributed by atoms with Crippen molar-refractivity contribution in [3.63, 3.8) is 0 Å². The van der Waals surface area contributed by atoms with Crippen LogP contribution in [0.15, 0.2) is 0 Å². The Morgan fingerprint density at radius 3 is 1.73 bits per heavy atom. The molecule has 0 heterocycles. The summed E-state index contributed by atoms with van der Waals surface area (Å²) in [5, 5.41) is 0. The van der Waals surface area contributed by atoms with E-state index in [9.17, 15) is 4.79 Å². The fourth-order valence-corrected chi connectivity index (χ4v) is 2.30. The number of rotatable bonds is 9. The molecular formula is C12H22BrClO. The molecule has 0 aliphatic carbocycles. The summed E-state index contributed by atoms with van der Waals surface area (Å²) in [6.07, 6.45) is 8.33. The molecule has 15 heavy (non-hydrogen) atoms. The monoisotopic (exact) mass is 296 g/mol. The van der Waals surface area contributed by atoms with Crippen LogP contribution in [0.3, 0.4) is 0 Å². The zero-order valence-electron chi connectivity index (χ0n) is 9.82. The number of carbonyl (C=O) groups is 1. The molecule has 0 unspecified atom stereocenters. The van der Waals surface area contributed by atoms with Crippen molar-refractivity contribution in [1.82, 2.24) is 0 Å². The van der Waals surface area contributed by atoms with Gasteiger partial charge in [-0.05, 0) is 28.8 Å². The predicted molar refractivity (Wildman–Crippen MR) is 70.8 cm³/mol. The van der Waals surface area contributed by atoms with Crippen LogP contribution in [0.1, 0.15) is 65.2 Å². The number of halogens is 2. The molecule has 0 amide bonds. The molecule has 0 N–H and O–H groups in total. The van der Waals surface area contributed by atoms with Crippen LogP contribution in [0.5, 0.6) is 0 Å². The van der Waals surface area contributed by atoms with Gasteiger partial charge in [0.1, 0.15) is 4.87 Å². The summed E-state index contributed by atoms with van der Waals surface area (Å²) in [4.78, 5) is 10.8. The van der Waals surface area contributed by atoms with E-state index >= 15 is 0 Å². The minimum absolute atomic E-state index is 0.0381. The largest absolute Gasteiger partial charge is 0.285 e. The zero-order valence-corrected chi connectivity index (χ0v) is 12.2. The number of alkyl halides is 1. The summed E-state index contributed by atoms with van der Waals surface area (Å²) >= 11 is 9.38. The first-order chi connectivity index (χ1) is 7.06. The standard InChI is InChI=1S/C12H22BrClO/c1-3-5-7-9-12(14,11(13)15)10-8-6-4-2/h3-10H2,1-2H3. The van der Waals surface area contributed by atoms with Crippen LogP contribution < -0.4 is 0 Å². The second kappa shape index (κ2) is 8.58. The molecule has 0 aliphatic rings. The summed E-state index contributed by atoms with van der Waals surface area (Å²) in [6.45, 7) is 4.31. The van der Waals surface area contributed by atoms with Gasteiger partial charge in [0.15, 0.2) is 0 Å². The lowest BCUT2D eigenvalue weighted by atomic mass is 9.95. The van der Waals surface area contributed by atoms with E-state index in [2.05, 4.69) is 29.8 Å². The van der Waals surface area contributed by atoms with Gasteiger partial charge in [0.25, 0.3) is 0 Å². The molecule has 3 heteroatoms. The predicted octanol–water partition coefficient (Wildman–Crippen LogP) is 5.05. The van der Waals surface area contributed by atoms with E-state index in [0.717, 1.165) is 38.5 Å². The van der Waals surface area contributed by atoms with Crippen LogP contribution in [0, 0.1) is 0 Å². The molecule has 0 aliphatic heterocycles. The lowest BCUT2D eigenvalue weighted by Gasteiger charge is -2.22. The van der Waals surface area contributed by atoms with Gasteiger partial charge in [-0.25, -0.2) is 0 Å². The van der Waals surface area contributed by atoms with E-state index in [1.54, 1.807) is 0 Å². The number of hydrogen-bond acceptors (Lipinski definition) is 1. The first-order valence-electron chi connectivity index (χ1n) is 5.95. The Hall–Kier alpha value is 0.440. The third-order valence-corrected chi connectivity index (χ3v) is 4.24. The first-order valence-corrected chi connectivity index (χ1v) is 7.12. The Bertz CT molecular complexity index is 172. The molecule has 0 saturated carbocycles. The van der Waals surface area contributed by atoms with E-state index < -0.39 is 4.87 Å². The molecule has 0 atom stereocenters. The van der Waals surface area contributed by atoms with Gasteiger partial charge < -0.3 is 0 Å². The van der Waals surface area contributed by atoms with Crippen molar-refractivity contribution >= 4 is 32.2 Å². The topological polar surface area (TPSA) is 17.1 Å². The molecule has 0 spiro atoms. The van der Waals surface area contributed by atoms with Gasteiger partial charge in [0.2, 0.25) is 4.69 Å². The highest BCUT2D eigenvalue weighted by molar-refractivity contribution is 9.18. The fourth-order valence-electron chi connectivity index (χ4n) is 1.63. The van der Waals surface area contributed by atoms with Gasteiger partial charge in [-0.15, -0.1) is 11.6 Å². The van der Waals surface area contributed by atoms with Gasteiger partial charge in [0, 0.05) is 0 Å². The highest BCUT2D eigenvalue weighted by atomic mass is 79.9. The highest BCUT2D eigenvalue weighted by Gasteiger charge is 2.32. The molecular weight excluding hydrogens is 275 g/mol. The van der Waals surface area contributed by atoms with Crippen molar-refractivity contribution in [3.05, 3.63) is 0 Å². The highest BCUT2D eigenvalue weighted by Crippen LogP contribution is 2.32. The molecule has 90 valence electrons. The maximum absolute atomic E-state index is 11.4. The normalized spacial score (nSPS) is 11.7. The van der Waals surface area contributed by atoms with Gasteiger partial charge in [-0.2, -0.15) is 0 Å². The third kappa shape index (κ3) is 6.57. The molecule has 0 fully saturated rings. The molecule has 0 aromatic heterocycles. The van der Waals surface area contributed by atoms with Crippen molar-refractivity contribution in [2.45, 2.75) is 70.1 Å². The van der Waals surface area contributed by atoms with Crippen LogP contribution in [-0.2, 0) is 4.79 Å².